The predicted molar refractivity (Wildman–Crippen MR) is 148 cm³/mol. The van der Waals surface area contributed by atoms with E-state index in [1.165, 1.54) is 12.4 Å². The van der Waals surface area contributed by atoms with Gasteiger partial charge < -0.3 is 15.1 Å². The Balaban J connectivity index is 1.42. The molecule has 0 radical (unpaired) electrons. The molecule has 1 aromatic heterocycles. The quantitative estimate of drug-likeness (QED) is 0.420. The van der Waals surface area contributed by atoms with Gasteiger partial charge in [-0.3, -0.25) is 14.8 Å². The van der Waals surface area contributed by atoms with Gasteiger partial charge in [-0.15, -0.1) is 5.53 Å². The summed E-state index contributed by atoms with van der Waals surface area (Å²) in [6.07, 6.45) is 1.68. The number of hydrogen-bond donors (Lipinski definition) is 2. The number of piperazine rings is 1. The molecule has 1 saturated heterocycles. The SMILES string of the molecule is CCN1CCN(c2cc(C(=O)Nc3ccc(C)c(N4C=C(c5cncnc5)N(C)N4)c3)cc(C(F)(F)F)c2F)CC1. The van der Waals surface area contributed by atoms with Gasteiger partial charge >= 0.3 is 6.18 Å². The summed E-state index contributed by atoms with van der Waals surface area (Å²) in [6.45, 7) is 6.57. The van der Waals surface area contributed by atoms with Crippen molar-refractivity contribution in [3.05, 3.63) is 83.3 Å². The van der Waals surface area contributed by atoms with Crippen LogP contribution in [0.5, 0.6) is 0 Å². The fourth-order valence-electron chi connectivity index (χ4n) is 4.91. The summed E-state index contributed by atoms with van der Waals surface area (Å²) in [7, 11) is 1.83. The summed E-state index contributed by atoms with van der Waals surface area (Å²) < 4.78 is 56.6. The molecule has 3 heterocycles. The number of alkyl halides is 3. The van der Waals surface area contributed by atoms with Crippen LogP contribution in [0.15, 0.2) is 55.3 Å². The number of carbonyl (C=O) groups excluding carboxylic acids is 1. The van der Waals surface area contributed by atoms with E-state index in [1.54, 1.807) is 45.5 Å². The first-order chi connectivity index (χ1) is 19.5. The van der Waals surface area contributed by atoms with Crippen molar-refractivity contribution in [3.8, 4) is 0 Å². The minimum absolute atomic E-state index is 0.225. The molecule has 9 nitrogen and oxygen atoms in total. The maximum Gasteiger partial charge on any atom is 0.419 e. The number of halogens is 4. The number of hydrogen-bond acceptors (Lipinski definition) is 8. The van der Waals surface area contributed by atoms with Crippen LogP contribution in [0, 0.1) is 12.7 Å². The van der Waals surface area contributed by atoms with Gasteiger partial charge in [-0.2, -0.15) is 13.2 Å². The Morgan fingerprint density at radius 3 is 2.41 bits per heavy atom. The van der Waals surface area contributed by atoms with Crippen molar-refractivity contribution in [2.24, 2.45) is 0 Å². The molecule has 0 unspecified atom stereocenters. The first kappa shape index (κ1) is 28.3. The van der Waals surface area contributed by atoms with Crippen LogP contribution < -0.4 is 20.8 Å². The molecule has 41 heavy (non-hydrogen) atoms. The Bertz CT molecular complexity index is 1460. The largest absolute Gasteiger partial charge is 0.419 e. The van der Waals surface area contributed by atoms with E-state index in [9.17, 15) is 18.0 Å². The van der Waals surface area contributed by atoms with Crippen LogP contribution in [0.1, 0.15) is 34.0 Å². The summed E-state index contributed by atoms with van der Waals surface area (Å²) in [4.78, 5) is 25.1. The monoisotopic (exact) mass is 570 g/mol. The minimum atomic E-state index is -4.96. The van der Waals surface area contributed by atoms with Gasteiger partial charge in [-0.25, -0.2) is 14.4 Å². The average molecular weight is 571 g/mol. The number of aryl methyl sites for hydroxylation is 1. The van der Waals surface area contributed by atoms with E-state index in [4.69, 9.17) is 0 Å². The van der Waals surface area contributed by atoms with E-state index in [0.29, 0.717) is 43.6 Å². The second-order valence-corrected chi connectivity index (χ2v) is 9.90. The Hall–Kier alpha value is -4.23. The molecule has 2 N–H and O–H groups in total. The van der Waals surface area contributed by atoms with Gasteiger partial charge in [0.1, 0.15) is 6.33 Å². The summed E-state index contributed by atoms with van der Waals surface area (Å²) in [5, 5.41) is 6.21. The normalized spacial score (nSPS) is 16.3. The lowest BCUT2D eigenvalue weighted by atomic mass is 10.1. The van der Waals surface area contributed by atoms with Gasteiger partial charge in [0.05, 0.1) is 22.6 Å². The van der Waals surface area contributed by atoms with Crippen LogP contribution in [0.4, 0.5) is 34.6 Å². The molecule has 0 spiro atoms. The van der Waals surface area contributed by atoms with Crippen molar-refractivity contribution in [1.29, 1.82) is 0 Å². The van der Waals surface area contributed by atoms with E-state index in [-0.39, 0.29) is 11.3 Å². The molecule has 1 fully saturated rings. The molecule has 0 saturated carbocycles. The fraction of sp³-hybridized carbons (Fsp3) is 0.321. The fourth-order valence-corrected chi connectivity index (χ4v) is 4.91. The topological polar surface area (TPSA) is 79.9 Å². The first-order valence-corrected chi connectivity index (χ1v) is 13.1. The maximum absolute atomic E-state index is 15.1. The van der Waals surface area contributed by atoms with Crippen LogP contribution in [0.25, 0.3) is 5.70 Å². The molecule has 1 amide bonds. The Morgan fingerprint density at radius 2 is 1.76 bits per heavy atom. The molecule has 216 valence electrons. The van der Waals surface area contributed by atoms with E-state index in [0.717, 1.165) is 23.4 Å². The molecule has 0 bridgehead atoms. The lowest BCUT2D eigenvalue weighted by Gasteiger charge is -2.36. The molecular weight excluding hydrogens is 540 g/mol. The molecule has 5 rings (SSSR count). The summed E-state index contributed by atoms with van der Waals surface area (Å²) in [5.41, 5.74) is 4.75. The number of nitrogens with zero attached hydrogens (tertiary/aromatic N) is 6. The lowest BCUT2D eigenvalue weighted by Crippen LogP contribution is -2.46. The second kappa shape index (κ2) is 11.3. The van der Waals surface area contributed by atoms with Gasteiger partial charge in [0.2, 0.25) is 0 Å². The molecule has 3 aromatic rings. The van der Waals surface area contributed by atoms with E-state index in [2.05, 4.69) is 25.7 Å². The van der Waals surface area contributed by atoms with Crippen molar-refractivity contribution in [1.82, 2.24) is 25.4 Å². The first-order valence-electron chi connectivity index (χ1n) is 13.1. The Labute approximate surface area is 235 Å². The molecule has 2 aromatic carbocycles. The van der Waals surface area contributed by atoms with Crippen LogP contribution in [0.3, 0.4) is 0 Å². The van der Waals surface area contributed by atoms with E-state index >= 15 is 4.39 Å². The highest BCUT2D eigenvalue weighted by Crippen LogP contribution is 2.37. The summed E-state index contributed by atoms with van der Waals surface area (Å²) in [5.74, 6) is -2.14. The van der Waals surface area contributed by atoms with Gasteiger partial charge in [-0.05, 0) is 43.3 Å². The third kappa shape index (κ3) is 5.95. The Kier molecular flexibility index (Phi) is 7.82. The van der Waals surface area contributed by atoms with Crippen LogP contribution in [0.2, 0.25) is 0 Å². The van der Waals surface area contributed by atoms with Crippen molar-refractivity contribution < 1.29 is 22.4 Å². The number of amides is 1. The summed E-state index contributed by atoms with van der Waals surface area (Å²) in [6, 6.07) is 6.91. The molecule has 2 aliphatic rings. The van der Waals surface area contributed by atoms with Gasteiger partial charge in [-0.1, -0.05) is 13.0 Å². The second-order valence-electron chi connectivity index (χ2n) is 9.90. The van der Waals surface area contributed by atoms with Crippen LogP contribution in [-0.2, 0) is 6.18 Å². The molecule has 13 heteroatoms. The van der Waals surface area contributed by atoms with Gasteiger partial charge in [0, 0.05) is 68.6 Å². The summed E-state index contributed by atoms with van der Waals surface area (Å²) >= 11 is 0. The minimum Gasteiger partial charge on any atom is -0.367 e. The highest BCUT2D eigenvalue weighted by atomic mass is 19.4. The highest BCUT2D eigenvalue weighted by molar-refractivity contribution is 6.05. The van der Waals surface area contributed by atoms with Crippen LogP contribution in [-0.4, -0.2) is 65.6 Å². The van der Waals surface area contributed by atoms with Gasteiger partial charge in [0.15, 0.2) is 5.82 Å². The van der Waals surface area contributed by atoms with Crippen molar-refractivity contribution >= 4 is 28.7 Å². The van der Waals surface area contributed by atoms with E-state index < -0.39 is 23.5 Å². The maximum atomic E-state index is 15.1. The molecular formula is C28H30F4N8O. The number of nitrogens with one attached hydrogen (secondary N) is 2. The van der Waals surface area contributed by atoms with E-state index in [1.807, 2.05) is 27.1 Å². The average Bonchev–Trinajstić information content (AvgIpc) is 3.35. The van der Waals surface area contributed by atoms with Gasteiger partial charge in [0.25, 0.3) is 5.91 Å². The number of carbonyl (C=O) groups is 1. The number of benzene rings is 2. The zero-order valence-corrected chi connectivity index (χ0v) is 22.8. The number of rotatable bonds is 6. The molecule has 0 aliphatic carbocycles. The third-order valence-corrected chi connectivity index (χ3v) is 7.23. The van der Waals surface area contributed by atoms with Crippen molar-refractivity contribution in [2.45, 2.75) is 20.0 Å². The number of likely N-dealkylation sites (N-methyl/N-ethyl adjacent to an activating group) is 1. The smallest absolute Gasteiger partial charge is 0.367 e. The number of hydrazine groups is 2. The standard InChI is InChI=1S/C28H30F4N8O/c1-4-38-7-9-39(10-8-38)24-12-19(11-22(26(24)29)28(30,31)32)27(41)35-21-6-5-18(2)23(13-21)40-16-25(37(3)36-40)20-14-33-17-34-15-20/h5-6,11-17,36H,4,7-10H2,1-3H3,(H,35,41). The zero-order chi connectivity index (χ0) is 29.3. The zero-order valence-electron chi connectivity index (χ0n) is 22.8. The van der Waals surface area contributed by atoms with Crippen molar-refractivity contribution in [2.75, 3.05) is 55.0 Å². The predicted octanol–water partition coefficient (Wildman–Crippen LogP) is 4.51. The number of aromatic nitrogens is 2. The molecule has 2 aliphatic heterocycles. The van der Waals surface area contributed by atoms with Crippen molar-refractivity contribution in [3.63, 3.8) is 0 Å². The third-order valence-electron chi connectivity index (χ3n) is 7.23. The Morgan fingerprint density at radius 1 is 1.05 bits per heavy atom. The number of anilines is 3. The lowest BCUT2D eigenvalue weighted by molar-refractivity contribution is -0.139. The van der Waals surface area contributed by atoms with Crippen LogP contribution >= 0.6 is 0 Å². The molecule has 0 atom stereocenters. The highest BCUT2D eigenvalue weighted by Gasteiger charge is 2.37.